The van der Waals surface area contributed by atoms with E-state index in [9.17, 15) is 18.3 Å². The first-order chi connectivity index (χ1) is 8.41. The van der Waals surface area contributed by atoms with Crippen LogP contribution in [-0.2, 0) is 12.7 Å². The molecule has 18 heavy (non-hydrogen) atoms. The molecule has 0 radical (unpaired) electrons. The van der Waals surface area contributed by atoms with Gasteiger partial charge in [0.1, 0.15) is 5.75 Å². The molecule has 0 aliphatic carbocycles. The van der Waals surface area contributed by atoms with Crippen molar-refractivity contribution in [2.75, 3.05) is 0 Å². The summed E-state index contributed by atoms with van der Waals surface area (Å²) in [6, 6.07) is 2.82. The number of hydrogen-bond acceptors (Lipinski definition) is 2. The fourth-order valence-corrected chi connectivity index (χ4v) is 1.62. The van der Waals surface area contributed by atoms with E-state index in [4.69, 9.17) is 0 Å². The SMILES string of the molecule is CCn1cc(-c2cc(C(F)(F)F)ccc2O)cn1. The van der Waals surface area contributed by atoms with Crippen LogP contribution in [0.15, 0.2) is 30.6 Å². The monoisotopic (exact) mass is 256 g/mol. The third-order valence-electron chi connectivity index (χ3n) is 2.59. The Balaban J connectivity index is 2.49. The van der Waals surface area contributed by atoms with Crippen molar-refractivity contribution in [3.63, 3.8) is 0 Å². The van der Waals surface area contributed by atoms with E-state index in [0.717, 1.165) is 18.2 Å². The van der Waals surface area contributed by atoms with Gasteiger partial charge in [-0.05, 0) is 25.1 Å². The van der Waals surface area contributed by atoms with Gasteiger partial charge in [-0.1, -0.05) is 0 Å². The minimum Gasteiger partial charge on any atom is -0.507 e. The Labute approximate surface area is 101 Å². The molecule has 0 aliphatic rings. The smallest absolute Gasteiger partial charge is 0.416 e. The summed E-state index contributed by atoms with van der Waals surface area (Å²) in [6.07, 6.45) is -1.41. The summed E-state index contributed by atoms with van der Waals surface area (Å²) in [4.78, 5) is 0. The Hall–Kier alpha value is -1.98. The van der Waals surface area contributed by atoms with Crippen molar-refractivity contribution in [3.8, 4) is 16.9 Å². The molecular weight excluding hydrogens is 245 g/mol. The lowest BCUT2D eigenvalue weighted by molar-refractivity contribution is -0.137. The molecule has 96 valence electrons. The lowest BCUT2D eigenvalue weighted by atomic mass is 10.0. The number of phenolic OH excluding ortho intramolecular Hbond substituents is 1. The number of aromatic hydroxyl groups is 1. The van der Waals surface area contributed by atoms with Crippen LogP contribution >= 0.6 is 0 Å². The topological polar surface area (TPSA) is 38.0 Å². The zero-order valence-corrected chi connectivity index (χ0v) is 9.57. The number of rotatable bonds is 2. The van der Waals surface area contributed by atoms with Crippen LogP contribution in [-0.4, -0.2) is 14.9 Å². The molecule has 0 saturated heterocycles. The highest BCUT2D eigenvalue weighted by molar-refractivity contribution is 5.69. The summed E-state index contributed by atoms with van der Waals surface area (Å²) >= 11 is 0. The van der Waals surface area contributed by atoms with Crippen molar-refractivity contribution < 1.29 is 18.3 Å². The quantitative estimate of drug-likeness (QED) is 0.895. The molecule has 0 aliphatic heterocycles. The average Bonchev–Trinajstić information content (AvgIpc) is 2.76. The second-order valence-corrected chi connectivity index (χ2v) is 3.81. The van der Waals surface area contributed by atoms with E-state index in [2.05, 4.69) is 5.10 Å². The van der Waals surface area contributed by atoms with Crippen LogP contribution < -0.4 is 0 Å². The minimum absolute atomic E-state index is 0.129. The van der Waals surface area contributed by atoms with E-state index in [1.54, 1.807) is 10.9 Å². The molecule has 0 spiro atoms. The minimum atomic E-state index is -4.43. The van der Waals surface area contributed by atoms with Crippen molar-refractivity contribution in [2.24, 2.45) is 0 Å². The van der Waals surface area contributed by atoms with Crippen LogP contribution in [0, 0.1) is 0 Å². The third kappa shape index (κ3) is 2.32. The first kappa shape index (κ1) is 12.5. The van der Waals surface area contributed by atoms with E-state index in [1.165, 1.54) is 6.20 Å². The highest BCUT2D eigenvalue weighted by atomic mass is 19.4. The van der Waals surface area contributed by atoms with Gasteiger partial charge in [-0.3, -0.25) is 4.68 Å². The van der Waals surface area contributed by atoms with E-state index in [1.807, 2.05) is 6.92 Å². The maximum Gasteiger partial charge on any atom is 0.416 e. The van der Waals surface area contributed by atoms with Crippen molar-refractivity contribution in [1.29, 1.82) is 0 Å². The molecule has 1 heterocycles. The maximum absolute atomic E-state index is 12.6. The number of aromatic nitrogens is 2. The summed E-state index contributed by atoms with van der Waals surface area (Å²) in [6.45, 7) is 2.47. The molecule has 2 aromatic rings. The fraction of sp³-hybridized carbons (Fsp3) is 0.250. The normalized spacial score (nSPS) is 11.8. The molecule has 1 N–H and O–H groups in total. The summed E-state index contributed by atoms with van der Waals surface area (Å²) in [7, 11) is 0. The molecule has 6 heteroatoms. The second-order valence-electron chi connectivity index (χ2n) is 3.81. The van der Waals surface area contributed by atoms with Crippen LogP contribution in [0.1, 0.15) is 12.5 Å². The molecule has 1 aromatic heterocycles. The van der Waals surface area contributed by atoms with Gasteiger partial charge < -0.3 is 5.11 Å². The Morgan fingerprint density at radius 1 is 1.33 bits per heavy atom. The fourth-order valence-electron chi connectivity index (χ4n) is 1.62. The number of aryl methyl sites for hydroxylation is 1. The lowest BCUT2D eigenvalue weighted by Crippen LogP contribution is -2.04. The first-order valence-electron chi connectivity index (χ1n) is 5.35. The standard InChI is InChI=1S/C12H11F3N2O/c1-2-17-7-8(6-16-17)10-5-9(12(13,14)15)3-4-11(10)18/h3-7,18H,2H2,1H3. The average molecular weight is 256 g/mol. The molecule has 0 amide bonds. The van der Waals surface area contributed by atoms with Crippen LogP contribution in [0.3, 0.4) is 0 Å². The highest BCUT2D eigenvalue weighted by Crippen LogP contribution is 2.36. The van der Waals surface area contributed by atoms with Crippen molar-refractivity contribution in [2.45, 2.75) is 19.6 Å². The van der Waals surface area contributed by atoms with Gasteiger partial charge in [0.15, 0.2) is 0 Å². The zero-order chi connectivity index (χ0) is 13.3. The van der Waals surface area contributed by atoms with Gasteiger partial charge in [-0.25, -0.2) is 0 Å². The van der Waals surface area contributed by atoms with Crippen molar-refractivity contribution in [3.05, 3.63) is 36.2 Å². The summed E-state index contributed by atoms with van der Waals surface area (Å²) in [5.41, 5.74) is -0.204. The molecule has 0 unspecified atom stereocenters. The lowest BCUT2D eigenvalue weighted by Gasteiger charge is -2.09. The number of nitrogens with zero attached hydrogens (tertiary/aromatic N) is 2. The van der Waals surface area contributed by atoms with E-state index in [0.29, 0.717) is 12.1 Å². The molecule has 2 rings (SSSR count). The summed E-state index contributed by atoms with van der Waals surface area (Å²) < 4.78 is 39.3. The van der Waals surface area contributed by atoms with Gasteiger partial charge in [0.25, 0.3) is 0 Å². The van der Waals surface area contributed by atoms with E-state index >= 15 is 0 Å². The zero-order valence-electron chi connectivity index (χ0n) is 9.57. The van der Waals surface area contributed by atoms with Crippen LogP contribution in [0.5, 0.6) is 5.75 Å². The highest BCUT2D eigenvalue weighted by Gasteiger charge is 2.31. The van der Waals surface area contributed by atoms with Crippen molar-refractivity contribution in [1.82, 2.24) is 9.78 Å². The summed E-state index contributed by atoms with van der Waals surface area (Å²) in [5, 5.41) is 13.6. The molecular formula is C12H11F3N2O. The predicted molar refractivity (Wildman–Crippen MR) is 60.0 cm³/mol. The van der Waals surface area contributed by atoms with Crippen molar-refractivity contribution >= 4 is 0 Å². The Morgan fingerprint density at radius 3 is 2.61 bits per heavy atom. The van der Waals surface area contributed by atoms with E-state index in [-0.39, 0.29) is 11.3 Å². The van der Waals surface area contributed by atoms with Gasteiger partial charge in [0, 0.05) is 23.9 Å². The Kier molecular flexibility index (Phi) is 3.02. The largest absolute Gasteiger partial charge is 0.507 e. The van der Waals surface area contributed by atoms with Gasteiger partial charge in [0.05, 0.1) is 11.8 Å². The molecule has 1 aromatic carbocycles. The predicted octanol–water partition coefficient (Wildman–Crippen LogP) is 3.29. The number of alkyl halides is 3. The molecule has 0 saturated carbocycles. The van der Waals surface area contributed by atoms with Crippen LogP contribution in [0.2, 0.25) is 0 Å². The Morgan fingerprint density at radius 2 is 2.06 bits per heavy atom. The molecule has 0 atom stereocenters. The van der Waals surface area contributed by atoms with E-state index < -0.39 is 11.7 Å². The van der Waals surface area contributed by atoms with Crippen LogP contribution in [0.4, 0.5) is 13.2 Å². The summed E-state index contributed by atoms with van der Waals surface area (Å²) in [5.74, 6) is -0.196. The maximum atomic E-state index is 12.6. The first-order valence-corrected chi connectivity index (χ1v) is 5.35. The number of phenols is 1. The molecule has 0 fully saturated rings. The van der Waals surface area contributed by atoms with Gasteiger partial charge in [0.2, 0.25) is 0 Å². The van der Waals surface area contributed by atoms with Gasteiger partial charge in [-0.2, -0.15) is 18.3 Å². The molecule has 0 bridgehead atoms. The van der Waals surface area contributed by atoms with Gasteiger partial charge >= 0.3 is 6.18 Å². The third-order valence-corrected chi connectivity index (χ3v) is 2.59. The molecule has 3 nitrogen and oxygen atoms in total. The van der Waals surface area contributed by atoms with Crippen LogP contribution in [0.25, 0.3) is 11.1 Å². The second kappa shape index (κ2) is 4.36. The number of hydrogen-bond donors (Lipinski definition) is 1. The number of benzene rings is 1. The number of halogens is 3. The Bertz CT molecular complexity index is 561. The van der Waals surface area contributed by atoms with Gasteiger partial charge in [-0.15, -0.1) is 0 Å².